The van der Waals surface area contributed by atoms with Crippen LogP contribution in [0.15, 0.2) is 29.2 Å². The van der Waals surface area contributed by atoms with Crippen LogP contribution in [0.4, 0.5) is 0 Å². The van der Waals surface area contributed by atoms with Crippen molar-refractivity contribution in [2.75, 3.05) is 32.7 Å². The maximum atomic E-state index is 10.7. The molecule has 1 aromatic carbocycles. The molecule has 0 aliphatic heterocycles. The molecule has 0 saturated heterocycles. The van der Waals surface area contributed by atoms with Crippen LogP contribution < -0.4 is 0 Å². The molecule has 5 heteroatoms. The third-order valence-corrected chi connectivity index (χ3v) is 3.21. The van der Waals surface area contributed by atoms with Crippen molar-refractivity contribution in [3.05, 3.63) is 29.8 Å². The zero-order valence-electron chi connectivity index (χ0n) is 10.4. The Morgan fingerprint density at radius 3 is 2.56 bits per heavy atom. The van der Waals surface area contributed by atoms with Gasteiger partial charge in [0, 0.05) is 31.0 Å². The van der Waals surface area contributed by atoms with Crippen LogP contribution in [0.5, 0.6) is 0 Å². The number of carboxylic acid groups (broad SMARTS) is 1. The van der Waals surface area contributed by atoms with Gasteiger partial charge in [-0.3, -0.25) is 0 Å². The molecule has 1 aromatic rings. The highest BCUT2D eigenvalue weighted by Crippen LogP contribution is 2.18. The minimum atomic E-state index is -0.895. The zero-order chi connectivity index (χ0) is 13.2. The lowest BCUT2D eigenvalue weighted by Crippen LogP contribution is -2.02. The fraction of sp³-hybridized carbons (Fsp3) is 0.462. The van der Waals surface area contributed by atoms with Crippen molar-refractivity contribution >= 4 is 17.7 Å². The van der Waals surface area contributed by atoms with Crippen LogP contribution in [0.3, 0.4) is 0 Å². The molecule has 0 fully saturated rings. The summed E-state index contributed by atoms with van der Waals surface area (Å²) in [5.41, 5.74) is 0.315. The minimum Gasteiger partial charge on any atom is -0.478 e. The standard InChI is InChI=1S/C13H18O4S/c1-16-7-2-8-17-9-10-18-12-5-3-11(4-6-12)13(14)15/h3-6H,2,7-10H2,1H3,(H,14,15). The van der Waals surface area contributed by atoms with E-state index in [1.807, 2.05) is 12.1 Å². The fourth-order valence-corrected chi connectivity index (χ4v) is 2.08. The molecule has 0 radical (unpaired) electrons. The molecular formula is C13H18O4S. The molecule has 0 atom stereocenters. The predicted molar refractivity (Wildman–Crippen MR) is 71.4 cm³/mol. The van der Waals surface area contributed by atoms with E-state index in [9.17, 15) is 4.79 Å². The van der Waals surface area contributed by atoms with Crippen molar-refractivity contribution in [1.82, 2.24) is 0 Å². The molecule has 0 aliphatic carbocycles. The van der Waals surface area contributed by atoms with Gasteiger partial charge >= 0.3 is 5.97 Å². The van der Waals surface area contributed by atoms with E-state index in [2.05, 4.69) is 0 Å². The summed E-state index contributed by atoms with van der Waals surface area (Å²) < 4.78 is 10.3. The second-order valence-electron chi connectivity index (χ2n) is 3.64. The summed E-state index contributed by atoms with van der Waals surface area (Å²) in [7, 11) is 1.68. The Morgan fingerprint density at radius 2 is 1.94 bits per heavy atom. The van der Waals surface area contributed by atoms with Gasteiger partial charge in [0.1, 0.15) is 0 Å². The first-order valence-electron chi connectivity index (χ1n) is 5.77. The lowest BCUT2D eigenvalue weighted by atomic mass is 10.2. The van der Waals surface area contributed by atoms with E-state index in [1.54, 1.807) is 31.0 Å². The summed E-state index contributed by atoms with van der Waals surface area (Å²) in [5, 5.41) is 8.76. The van der Waals surface area contributed by atoms with Gasteiger partial charge in [0.15, 0.2) is 0 Å². The average Bonchev–Trinajstić information content (AvgIpc) is 2.38. The van der Waals surface area contributed by atoms with Crippen LogP contribution in [0.2, 0.25) is 0 Å². The Labute approximate surface area is 111 Å². The van der Waals surface area contributed by atoms with Crippen molar-refractivity contribution in [3.8, 4) is 0 Å². The first kappa shape index (κ1) is 15.0. The van der Waals surface area contributed by atoms with E-state index in [0.29, 0.717) is 18.8 Å². The second-order valence-corrected chi connectivity index (χ2v) is 4.81. The first-order chi connectivity index (χ1) is 8.74. The van der Waals surface area contributed by atoms with Gasteiger partial charge < -0.3 is 14.6 Å². The van der Waals surface area contributed by atoms with Crippen LogP contribution in [0.1, 0.15) is 16.8 Å². The first-order valence-corrected chi connectivity index (χ1v) is 6.75. The van der Waals surface area contributed by atoms with Crippen molar-refractivity contribution in [3.63, 3.8) is 0 Å². The summed E-state index contributed by atoms with van der Waals surface area (Å²) in [5.74, 6) is -0.0348. The number of methoxy groups -OCH3 is 1. The molecule has 18 heavy (non-hydrogen) atoms. The van der Waals surface area contributed by atoms with Gasteiger partial charge in [0.2, 0.25) is 0 Å². The maximum absolute atomic E-state index is 10.7. The number of rotatable bonds is 9. The molecule has 0 aliphatic rings. The summed E-state index contributed by atoms with van der Waals surface area (Å²) >= 11 is 1.66. The number of carbonyl (C=O) groups is 1. The van der Waals surface area contributed by atoms with Crippen LogP contribution in [-0.4, -0.2) is 43.8 Å². The third kappa shape index (κ3) is 6.05. The molecule has 4 nitrogen and oxygen atoms in total. The van der Waals surface area contributed by atoms with Gasteiger partial charge in [0.25, 0.3) is 0 Å². The summed E-state index contributed by atoms with van der Waals surface area (Å²) in [6.45, 7) is 2.13. The average molecular weight is 270 g/mol. The highest BCUT2D eigenvalue weighted by atomic mass is 32.2. The highest BCUT2D eigenvalue weighted by molar-refractivity contribution is 7.99. The van der Waals surface area contributed by atoms with Gasteiger partial charge in [-0.25, -0.2) is 4.79 Å². The zero-order valence-corrected chi connectivity index (χ0v) is 11.2. The summed E-state index contributed by atoms with van der Waals surface area (Å²) in [6.07, 6.45) is 0.911. The quantitative estimate of drug-likeness (QED) is 0.552. The molecule has 0 heterocycles. The molecule has 0 unspecified atom stereocenters. The molecule has 0 saturated carbocycles. The number of carboxylic acids is 1. The molecule has 0 amide bonds. The van der Waals surface area contributed by atoms with Crippen LogP contribution in [-0.2, 0) is 9.47 Å². The van der Waals surface area contributed by atoms with Gasteiger partial charge in [-0.2, -0.15) is 0 Å². The number of benzene rings is 1. The number of aromatic carboxylic acids is 1. The number of ether oxygens (including phenoxy) is 2. The van der Waals surface area contributed by atoms with Crippen molar-refractivity contribution in [1.29, 1.82) is 0 Å². The lowest BCUT2D eigenvalue weighted by molar-refractivity contribution is 0.0697. The van der Waals surface area contributed by atoms with Crippen LogP contribution in [0, 0.1) is 0 Å². The molecule has 100 valence electrons. The van der Waals surface area contributed by atoms with Crippen molar-refractivity contribution < 1.29 is 19.4 Å². The Hall–Kier alpha value is -1.04. The largest absolute Gasteiger partial charge is 0.478 e. The summed E-state index contributed by atoms with van der Waals surface area (Å²) in [4.78, 5) is 11.7. The Kier molecular flexibility index (Phi) is 7.48. The van der Waals surface area contributed by atoms with Gasteiger partial charge in [-0.1, -0.05) is 0 Å². The van der Waals surface area contributed by atoms with Gasteiger partial charge in [0.05, 0.1) is 12.2 Å². The normalized spacial score (nSPS) is 10.5. The fourth-order valence-electron chi connectivity index (χ4n) is 1.32. The maximum Gasteiger partial charge on any atom is 0.335 e. The van der Waals surface area contributed by atoms with Gasteiger partial charge in [-0.05, 0) is 30.7 Å². The topological polar surface area (TPSA) is 55.8 Å². The van der Waals surface area contributed by atoms with Crippen LogP contribution in [0.25, 0.3) is 0 Å². The Morgan fingerprint density at radius 1 is 1.22 bits per heavy atom. The molecular weight excluding hydrogens is 252 g/mol. The van der Waals surface area contributed by atoms with Crippen LogP contribution >= 0.6 is 11.8 Å². The molecule has 1 rings (SSSR count). The second kappa shape index (κ2) is 8.97. The van der Waals surface area contributed by atoms with E-state index in [4.69, 9.17) is 14.6 Å². The monoisotopic (exact) mass is 270 g/mol. The lowest BCUT2D eigenvalue weighted by Gasteiger charge is -2.04. The number of thioether (sulfide) groups is 1. The Bertz CT molecular complexity index is 351. The van der Waals surface area contributed by atoms with E-state index in [-0.39, 0.29) is 0 Å². The highest BCUT2D eigenvalue weighted by Gasteiger charge is 2.01. The molecule has 1 N–H and O–H groups in total. The van der Waals surface area contributed by atoms with E-state index >= 15 is 0 Å². The third-order valence-electron chi connectivity index (χ3n) is 2.23. The van der Waals surface area contributed by atoms with E-state index in [1.165, 1.54) is 0 Å². The number of hydrogen-bond acceptors (Lipinski definition) is 4. The Balaban J connectivity index is 2.14. The van der Waals surface area contributed by atoms with Crippen molar-refractivity contribution in [2.24, 2.45) is 0 Å². The molecule has 0 aromatic heterocycles. The summed E-state index contributed by atoms with van der Waals surface area (Å²) in [6, 6.07) is 6.87. The molecule has 0 spiro atoms. The predicted octanol–water partition coefficient (Wildman–Crippen LogP) is 2.53. The van der Waals surface area contributed by atoms with Crippen molar-refractivity contribution in [2.45, 2.75) is 11.3 Å². The number of hydrogen-bond donors (Lipinski definition) is 1. The minimum absolute atomic E-state index is 0.315. The van der Waals surface area contributed by atoms with E-state index in [0.717, 1.165) is 23.7 Å². The SMILES string of the molecule is COCCCOCCSc1ccc(C(=O)O)cc1. The van der Waals surface area contributed by atoms with E-state index < -0.39 is 5.97 Å². The molecule has 0 bridgehead atoms. The van der Waals surface area contributed by atoms with Gasteiger partial charge in [-0.15, -0.1) is 11.8 Å². The smallest absolute Gasteiger partial charge is 0.335 e.